The molecule has 2 heterocycles. The van der Waals surface area contributed by atoms with Crippen molar-refractivity contribution >= 4 is 75.7 Å². The number of pyridine rings is 1. The van der Waals surface area contributed by atoms with E-state index in [1.54, 1.807) is 6.20 Å². The van der Waals surface area contributed by atoms with Gasteiger partial charge in [-0.1, -0.05) is 133 Å². The van der Waals surface area contributed by atoms with Crippen molar-refractivity contribution in [3.8, 4) is 33.8 Å². The van der Waals surface area contributed by atoms with Gasteiger partial charge >= 0.3 is 0 Å². The van der Waals surface area contributed by atoms with Gasteiger partial charge in [-0.25, -0.2) is 4.98 Å². The van der Waals surface area contributed by atoms with Crippen LogP contribution >= 0.6 is 0 Å². The maximum absolute atomic E-state index is 6.46. The molecule has 0 aliphatic carbocycles. The molecule has 0 fully saturated rings. The minimum absolute atomic E-state index is 0.530. The molecule has 0 unspecified atom stereocenters. The maximum atomic E-state index is 6.46. The lowest BCUT2D eigenvalue weighted by atomic mass is 9.88. The van der Waals surface area contributed by atoms with Gasteiger partial charge in [0, 0.05) is 11.6 Å². The fourth-order valence-corrected chi connectivity index (χ4v) is 8.17. The Morgan fingerprint density at radius 2 is 0.922 bits per heavy atom. The van der Waals surface area contributed by atoms with E-state index in [-0.39, 0.29) is 0 Å². The number of rotatable bonds is 3. The van der Waals surface area contributed by atoms with Gasteiger partial charge in [0.2, 0.25) is 5.89 Å². The minimum Gasteiger partial charge on any atom is -0.434 e. The van der Waals surface area contributed by atoms with Crippen LogP contribution < -0.4 is 0 Å². The SMILES string of the molecule is c1ccc(-c2nc3ccc4ccc5ccc(-c6ccc(-c7ccc8c9ccccc9c9ccccc9c8c7)c7ccccc67)cc5c4c3o2)nc1. The molecule has 0 radical (unpaired) electrons. The molecule has 236 valence electrons. The number of benzene rings is 9. The highest BCUT2D eigenvalue weighted by Crippen LogP contribution is 2.42. The number of nitrogens with zero attached hydrogens (tertiary/aromatic N) is 2. The van der Waals surface area contributed by atoms with Crippen molar-refractivity contribution in [1.82, 2.24) is 9.97 Å². The van der Waals surface area contributed by atoms with Gasteiger partial charge in [-0.2, -0.15) is 0 Å². The van der Waals surface area contributed by atoms with Crippen LogP contribution in [-0.4, -0.2) is 9.97 Å². The third-order valence-corrected chi connectivity index (χ3v) is 10.5. The Bertz CT molecular complexity index is 3160. The molecule has 11 rings (SSSR count). The third kappa shape index (κ3) is 4.25. The van der Waals surface area contributed by atoms with Crippen molar-refractivity contribution in [2.75, 3.05) is 0 Å². The van der Waals surface area contributed by atoms with E-state index >= 15 is 0 Å². The molecule has 0 atom stereocenters. The average molecular weight is 649 g/mol. The fourth-order valence-electron chi connectivity index (χ4n) is 8.17. The second-order valence-corrected chi connectivity index (χ2v) is 13.3. The van der Waals surface area contributed by atoms with E-state index in [4.69, 9.17) is 9.40 Å². The first-order valence-electron chi connectivity index (χ1n) is 17.3. The Hall–Kier alpha value is -6.84. The van der Waals surface area contributed by atoms with E-state index in [0.29, 0.717) is 5.89 Å². The van der Waals surface area contributed by atoms with Crippen LogP contribution in [0.4, 0.5) is 0 Å². The summed E-state index contributed by atoms with van der Waals surface area (Å²) in [5.74, 6) is 0.530. The molecule has 0 amide bonds. The first-order chi connectivity index (χ1) is 25.3. The van der Waals surface area contributed by atoms with Crippen LogP contribution in [0.25, 0.3) is 110 Å². The summed E-state index contributed by atoms with van der Waals surface area (Å²) in [5.41, 5.74) is 7.14. The highest BCUT2D eigenvalue weighted by molar-refractivity contribution is 6.26. The quantitative estimate of drug-likeness (QED) is 0.179. The minimum atomic E-state index is 0.530. The largest absolute Gasteiger partial charge is 0.434 e. The molecular weight excluding hydrogens is 621 g/mol. The lowest BCUT2D eigenvalue weighted by molar-refractivity contribution is 0.620. The predicted molar refractivity (Wildman–Crippen MR) is 213 cm³/mol. The van der Waals surface area contributed by atoms with Crippen LogP contribution in [0.2, 0.25) is 0 Å². The lowest BCUT2D eigenvalue weighted by Gasteiger charge is -2.15. The molecule has 0 saturated heterocycles. The first kappa shape index (κ1) is 28.0. The maximum Gasteiger partial charge on any atom is 0.246 e. The Kier molecular flexibility index (Phi) is 5.96. The van der Waals surface area contributed by atoms with E-state index in [2.05, 4.69) is 145 Å². The third-order valence-electron chi connectivity index (χ3n) is 10.5. The zero-order valence-corrected chi connectivity index (χ0v) is 27.5. The fraction of sp³-hybridized carbons (Fsp3) is 0. The van der Waals surface area contributed by atoms with Crippen LogP contribution in [-0.2, 0) is 0 Å². The molecule has 51 heavy (non-hydrogen) atoms. The summed E-state index contributed by atoms with van der Waals surface area (Å²) in [6.07, 6.45) is 1.77. The predicted octanol–water partition coefficient (Wildman–Crippen LogP) is 13.1. The summed E-state index contributed by atoms with van der Waals surface area (Å²) in [5, 5.41) is 14.7. The van der Waals surface area contributed by atoms with Gasteiger partial charge in [0.25, 0.3) is 0 Å². The second-order valence-electron chi connectivity index (χ2n) is 13.3. The van der Waals surface area contributed by atoms with Gasteiger partial charge in [-0.3, -0.25) is 4.98 Å². The number of fused-ring (bicyclic) bond motifs is 12. The highest BCUT2D eigenvalue weighted by atomic mass is 16.3. The summed E-state index contributed by atoms with van der Waals surface area (Å²) < 4.78 is 6.46. The smallest absolute Gasteiger partial charge is 0.246 e. The highest BCUT2D eigenvalue weighted by Gasteiger charge is 2.17. The van der Waals surface area contributed by atoms with Gasteiger partial charge in [0.15, 0.2) is 5.58 Å². The van der Waals surface area contributed by atoms with Crippen LogP contribution in [0.15, 0.2) is 174 Å². The molecule has 0 saturated carbocycles. The van der Waals surface area contributed by atoms with Crippen LogP contribution in [0, 0.1) is 0 Å². The molecule has 0 aliphatic rings. The topological polar surface area (TPSA) is 38.9 Å². The zero-order chi connectivity index (χ0) is 33.5. The monoisotopic (exact) mass is 648 g/mol. The number of oxazole rings is 1. The molecule has 0 spiro atoms. The van der Waals surface area contributed by atoms with Crippen molar-refractivity contribution in [2.45, 2.75) is 0 Å². The average Bonchev–Trinajstić information content (AvgIpc) is 3.65. The second kappa shape index (κ2) is 10.8. The van der Waals surface area contributed by atoms with Gasteiger partial charge < -0.3 is 4.42 Å². The summed E-state index contributed by atoms with van der Waals surface area (Å²) in [7, 11) is 0. The van der Waals surface area contributed by atoms with E-state index in [1.807, 2.05) is 24.3 Å². The Labute approximate surface area is 293 Å². The van der Waals surface area contributed by atoms with E-state index in [9.17, 15) is 0 Å². The van der Waals surface area contributed by atoms with Crippen LogP contribution in [0.1, 0.15) is 0 Å². The zero-order valence-electron chi connectivity index (χ0n) is 27.5. The summed E-state index contributed by atoms with van der Waals surface area (Å²) in [4.78, 5) is 9.30. The van der Waals surface area contributed by atoms with Gasteiger partial charge in [-0.15, -0.1) is 0 Å². The Morgan fingerprint density at radius 1 is 0.392 bits per heavy atom. The number of aromatic nitrogens is 2. The van der Waals surface area contributed by atoms with Gasteiger partial charge in [0.05, 0.1) is 0 Å². The molecule has 11 aromatic rings. The molecule has 2 aromatic heterocycles. The van der Waals surface area contributed by atoms with Crippen molar-refractivity contribution in [2.24, 2.45) is 0 Å². The van der Waals surface area contributed by atoms with Gasteiger partial charge in [-0.05, 0) is 112 Å². The van der Waals surface area contributed by atoms with Crippen molar-refractivity contribution in [1.29, 1.82) is 0 Å². The lowest BCUT2D eigenvalue weighted by Crippen LogP contribution is -1.88. The van der Waals surface area contributed by atoms with Gasteiger partial charge in [0.1, 0.15) is 11.2 Å². The standard InChI is InChI=1S/C48H28N2O/c1-2-10-36-34(32-20-22-41-39-13-4-3-11-37(39)38-12-5-6-14-40(38)43(41)28-32)24-23-33(35(36)9-1)31-19-17-29-16-18-30-21-25-44-47(46(30)42(29)27-31)51-48(50-44)45-15-7-8-26-49-45/h1-28H. The molecule has 9 aromatic carbocycles. The van der Waals surface area contributed by atoms with Crippen molar-refractivity contribution in [3.63, 3.8) is 0 Å². The van der Waals surface area contributed by atoms with E-state index in [0.717, 1.165) is 43.9 Å². The molecule has 0 bridgehead atoms. The summed E-state index contributed by atoms with van der Waals surface area (Å²) in [6.45, 7) is 0. The first-order valence-corrected chi connectivity index (χ1v) is 17.3. The number of hydrogen-bond donors (Lipinski definition) is 0. The number of hydrogen-bond acceptors (Lipinski definition) is 3. The van der Waals surface area contributed by atoms with E-state index < -0.39 is 0 Å². The Morgan fingerprint density at radius 3 is 1.59 bits per heavy atom. The van der Waals surface area contributed by atoms with Crippen LogP contribution in [0.3, 0.4) is 0 Å². The molecule has 0 aliphatic heterocycles. The molecule has 3 nitrogen and oxygen atoms in total. The molecule has 0 N–H and O–H groups in total. The normalized spacial score (nSPS) is 11.9. The molecule has 3 heteroatoms. The summed E-state index contributed by atoms with van der Waals surface area (Å²) in [6, 6.07) is 59.0. The van der Waals surface area contributed by atoms with Crippen molar-refractivity contribution in [3.05, 3.63) is 170 Å². The van der Waals surface area contributed by atoms with Crippen molar-refractivity contribution < 1.29 is 4.42 Å². The molecular formula is C48H28N2O. The summed E-state index contributed by atoms with van der Waals surface area (Å²) >= 11 is 0. The van der Waals surface area contributed by atoms with Crippen LogP contribution in [0.5, 0.6) is 0 Å². The Balaban J connectivity index is 1.11. The van der Waals surface area contributed by atoms with E-state index in [1.165, 1.54) is 59.8 Å².